The van der Waals surface area contributed by atoms with Crippen molar-refractivity contribution in [3.05, 3.63) is 28.6 Å². The lowest BCUT2D eigenvalue weighted by Gasteiger charge is -2.15. The van der Waals surface area contributed by atoms with Gasteiger partial charge in [-0.15, -0.1) is 22.7 Å². The molecule has 0 bridgehead atoms. The summed E-state index contributed by atoms with van der Waals surface area (Å²) in [6, 6.07) is 1.54. The van der Waals surface area contributed by atoms with Gasteiger partial charge in [-0.3, -0.25) is 4.79 Å². The minimum Gasteiger partial charge on any atom is -0.480 e. The number of carboxylic acids is 1. The van der Waals surface area contributed by atoms with E-state index in [0.29, 0.717) is 5.01 Å². The number of nitrogens with zero attached hydrogens (tertiary/aromatic N) is 1. The van der Waals surface area contributed by atoms with Crippen LogP contribution in [0.25, 0.3) is 9.88 Å². The highest BCUT2D eigenvalue weighted by atomic mass is 32.1. The number of carboxylic acid groups (broad SMARTS) is 1. The standard InChI is InChI=1S/C12H9F3N2O3S2/c13-12(14,15)4-6(11(19)20)16-9(18)7-5-22-10(17-7)8-2-1-3-21-8/h1-3,5-6H,4H2,(H,16,18)(H,19,20). The van der Waals surface area contributed by atoms with Gasteiger partial charge in [0, 0.05) is 5.38 Å². The number of amides is 1. The molecular formula is C12H9F3N2O3S2. The Morgan fingerprint density at radius 3 is 2.64 bits per heavy atom. The van der Waals surface area contributed by atoms with Gasteiger partial charge in [-0.2, -0.15) is 13.2 Å². The number of aromatic nitrogens is 1. The molecule has 118 valence electrons. The van der Waals surface area contributed by atoms with Gasteiger partial charge in [0.2, 0.25) is 0 Å². The molecular weight excluding hydrogens is 341 g/mol. The number of carbonyl (C=O) groups excluding carboxylic acids is 1. The Morgan fingerprint density at radius 1 is 1.36 bits per heavy atom. The number of rotatable bonds is 5. The number of halogens is 3. The number of hydrogen-bond acceptors (Lipinski definition) is 5. The summed E-state index contributed by atoms with van der Waals surface area (Å²) in [6.45, 7) is 0. The summed E-state index contributed by atoms with van der Waals surface area (Å²) in [5.41, 5.74) is -0.109. The lowest BCUT2D eigenvalue weighted by Crippen LogP contribution is -2.43. The highest BCUT2D eigenvalue weighted by molar-refractivity contribution is 7.20. The smallest absolute Gasteiger partial charge is 0.391 e. The maximum absolute atomic E-state index is 12.3. The van der Waals surface area contributed by atoms with E-state index < -0.39 is 30.5 Å². The summed E-state index contributed by atoms with van der Waals surface area (Å²) < 4.78 is 36.8. The summed E-state index contributed by atoms with van der Waals surface area (Å²) in [6.07, 6.45) is -6.34. The number of carbonyl (C=O) groups is 2. The number of alkyl halides is 3. The summed E-state index contributed by atoms with van der Waals surface area (Å²) in [4.78, 5) is 27.5. The van der Waals surface area contributed by atoms with Gasteiger partial charge in [0.1, 0.15) is 16.7 Å². The normalized spacial score (nSPS) is 12.9. The van der Waals surface area contributed by atoms with Crippen molar-refractivity contribution in [2.75, 3.05) is 0 Å². The zero-order valence-electron chi connectivity index (χ0n) is 10.8. The number of hydrogen-bond donors (Lipinski definition) is 2. The first kappa shape index (κ1) is 16.4. The van der Waals surface area contributed by atoms with E-state index in [-0.39, 0.29) is 5.69 Å². The van der Waals surface area contributed by atoms with Crippen molar-refractivity contribution in [1.29, 1.82) is 0 Å². The van der Waals surface area contributed by atoms with Crippen LogP contribution in [0.4, 0.5) is 13.2 Å². The molecule has 0 aliphatic heterocycles. The molecule has 0 saturated carbocycles. The third kappa shape index (κ3) is 4.28. The second-order valence-electron chi connectivity index (χ2n) is 4.20. The summed E-state index contributed by atoms with van der Waals surface area (Å²) in [5.74, 6) is -2.70. The largest absolute Gasteiger partial charge is 0.480 e. The van der Waals surface area contributed by atoms with Gasteiger partial charge in [-0.1, -0.05) is 6.07 Å². The highest BCUT2D eigenvalue weighted by Crippen LogP contribution is 2.28. The molecule has 0 aromatic carbocycles. The number of thiophene rings is 1. The molecule has 1 amide bonds. The second kappa shape index (κ2) is 6.44. The van der Waals surface area contributed by atoms with Crippen LogP contribution in [0, 0.1) is 0 Å². The van der Waals surface area contributed by atoms with E-state index >= 15 is 0 Å². The monoisotopic (exact) mass is 350 g/mol. The zero-order chi connectivity index (χ0) is 16.3. The van der Waals surface area contributed by atoms with Gasteiger partial charge in [0.25, 0.3) is 5.91 Å². The van der Waals surface area contributed by atoms with Crippen molar-refractivity contribution in [3.8, 4) is 9.88 Å². The third-order valence-electron chi connectivity index (χ3n) is 2.51. The molecule has 22 heavy (non-hydrogen) atoms. The van der Waals surface area contributed by atoms with Crippen LogP contribution in [0.5, 0.6) is 0 Å². The molecule has 2 aromatic rings. The molecule has 2 aromatic heterocycles. The van der Waals surface area contributed by atoms with E-state index in [0.717, 1.165) is 16.2 Å². The Kier molecular flexibility index (Phi) is 4.81. The lowest BCUT2D eigenvalue weighted by atomic mass is 10.2. The van der Waals surface area contributed by atoms with Crippen molar-refractivity contribution >= 4 is 34.6 Å². The van der Waals surface area contributed by atoms with Crippen molar-refractivity contribution in [1.82, 2.24) is 10.3 Å². The lowest BCUT2D eigenvalue weighted by molar-refractivity contribution is -0.157. The van der Waals surface area contributed by atoms with Crippen molar-refractivity contribution in [2.24, 2.45) is 0 Å². The van der Waals surface area contributed by atoms with E-state index in [9.17, 15) is 22.8 Å². The quantitative estimate of drug-likeness (QED) is 0.869. The molecule has 0 saturated heterocycles. The SMILES string of the molecule is O=C(NC(CC(F)(F)F)C(=O)O)c1csc(-c2cccs2)n1. The Hall–Kier alpha value is -1.94. The first-order valence-electron chi connectivity index (χ1n) is 5.86. The number of thiazole rings is 1. The maximum atomic E-state index is 12.3. The fraction of sp³-hybridized carbons (Fsp3) is 0.250. The van der Waals surface area contributed by atoms with Crippen molar-refractivity contribution < 1.29 is 27.9 Å². The number of nitrogens with one attached hydrogen (secondary N) is 1. The summed E-state index contributed by atoms with van der Waals surface area (Å²) in [5, 5.41) is 14.3. The predicted octanol–water partition coefficient (Wildman–Crippen LogP) is 3.01. The van der Waals surface area contributed by atoms with Crippen LogP contribution in [0.1, 0.15) is 16.9 Å². The molecule has 0 spiro atoms. The molecule has 10 heteroatoms. The first-order chi connectivity index (χ1) is 10.3. The Morgan fingerprint density at radius 2 is 2.09 bits per heavy atom. The van der Waals surface area contributed by atoms with Crippen LogP contribution in [0.3, 0.4) is 0 Å². The van der Waals surface area contributed by atoms with Gasteiger partial charge in [0.15, 0.2) is 0 Å². The van der Waals surface area contributed by atoms with Gasteiger partial charge < -0.3 is 10.4 Å². The molecule has 2 rings (SSSR count). The van der Waals surface area contributed by atoms with Gasteiger partial charge in [0.05, 0.1) is 11.3 Å². The van der Waals surface area contributed by atoms with Gasteiger partial charge in [-0.05, 0) is 11.4 Å². The zero-order valence-corrected chi connectivity index (χ0v) is 12.4. The van der Waals surface area contributed by atoms with E-state index in [1.807, 2.05) is 10.7 Å². The van der Waals surface area contributed by atoms with E-state index in [2.05, 4.69) is 4.98 Å². The van der Waals surface area contributed by atoms with Crippen LogP contribution in [0.2, 0.25) is 0 Å². The molecule has 0 aliphatic carbocycles. The van der Waals surface area contributed by atoms with E-state index in [4.69, 9.17) is 5.11 Å². The molecule has 2 N–H and O–H groups in total. The van der Waals surface area contributed by atoms with Crippen LogP contribution >= 0.6 is 22.7 Å². The Balaban J connectivity index is 2.09. The second-order valence-corrected chi connectivity index (χ2v) is 6.00. The minimum atomic E-state index is -4.69. The molecule has 5 nitrogen and oxygen atoms in total. The molecule has 0 radical (unpaired) electrons. The summed E-state index contributed by atoms with van der Waals surface area (Å²) >= 11 is 2.55. The average Bonchev–Trinajstić information content (AvgIpc) is 3.07. The molecule has 1 unspecified atom stereocenters. The summed E-state index contributed by atoms with van der Waals surface area (Å²) in [7, 11) is 0. The number of aliphatic carboxylic acids is 1. The van der Waals surface area contributed by atoms with E-state index in [1.165, 1.54) is 16.7 Å². The van der Waals surface area contributed by atoms with Crippen LogP contribution in [-0.4, -0.2) is 34.2 Å². The Labute approximate surface area is 130 Å². The Bertz CT molecular complexity index is 667. The van der Waals surface area contributed by atoms with Crippen molar-refractivity contribution in [2.45, 2.75) is 18.6 Å². The fourth-order valence-electron chi connectivity index (χ4n) is 1.56. The van der Waals surface area contributed by atoms with Gasteiger partial charge in [-0.25, -0.2) is 9.78 Å². The predicted molar refractivity (Wildman–Crippen MR) is 75.0 cm³/mol. The van der Waals surface area contributed by atoms with Crippen LogP contribution < -0.4 is 5.32 Å². The molecule has 0 fully saturated rings. The third-order valence-corrected chi connectivity index (χ3v) is 4.39. The highest BCUT2D eigenvalue weighted by Gasteiger charge is 2.36. The maximum Gasteiger partial charge on any atom is 0.391 e. The van der Waals surface area contributed by atoms with Crippen molar-refractivity contribution in [3.63, 3.8) is 0 Å². The average molecular weight is 350 g/mol. The first-order valence-corrected chi connectivity index (χ1v) is 7.62. The van der Waals surface area contributed by atoms with Gasteiger partial charge >= 0.3 is 12.1 Å². The molecule has 1 atom stereocenters. The van der Waals surface area contributed by atoms with E-state index in [1.54, 1.807) is 12.1 Å². The minimum absolute atomic E-state index is 0.109. The fourth-order valence-corrected chi connectivity index (χ4v) is 3.17. The van der Waals surface area contributed by atoms with Crippen LogP contribution in [0.15, 0.2) is 22.9 Å². The molecule has 2 heterocycles. The molecule has 0 aliphatic rings. The van der Waals surface area contributed by atoms with Crippen LogP contribution in [-0.2, 0) is 4.79 Å². The topological polar surface area (TPSA) is 79.3 Å².